The number of phosphoric acid groups is 2. The number of unbranched alkanes of at least 4 members (excludes halogenated alkanes) is 37. The highest BCUT2D eigenvalue weighted by atomic mass is 31.2. The molecule has 17 nitrogen and oxygen atoms in total. The molecule has 0 spiro atoms. The van der Waals surface area contributed by atoms with Crippen LogP contribution in [0.2, 0.25) is 0 Å². The molecule has 3 N–H and O–H groups in total. The van der Waals surface area contributed by atoms with Crippen molar-refractivity contribution in [2.45, 2.75) is 362 Å². The molecule has 0 saturated carbocycles. The third-order valence-electron chi connectivity index (χ3n) is 15.7. The van der Waals surface area contributed by atoms with Crippen LogP contribution in [-0.2, 0) is 65.4 Å². The molecule has 0 heterocycles. The van der Waals surface area contributed by atoms with Crippen molar-refractivity contribution in [3.8, 4) is 0 Å². The standard InChI is InChI=1S/C68H132O17P2/c1-7-9-11-13-15-17-27-34-40-46-52-67(72)84-63(56-78-65(70)50-44-38-32-16-14-12-10-8-2)58-82-86(74,75)80-54-62(69)55-81-87(76,77)83-59-64(57-79-66(71)51-45-39-33-29-24-26-31-37-43-49-61(5)6)85-68(73)53-47-41-35-28-23-21-19-18-20-22-25-30-36-42-48-60(3)4/h60-64,69H,7-59H2,1-6H3,(H,74,75)(H,76,77)/t62-,63+,64+/m0/s1. The summed E-state index contributed by atoms with van der Waals surface area (Å²) >= 11 is 0. The molecule has 0 aliphatic carbocycles. The molecule has 0 aromatic heterocycles. The van der Waals surface area contributed by atoms with Gasteiger partial charge in [0.1, 0.15) is 19.3 Å². The van der Waals surface area contributed by atoms with Gasteiger partial charge in [-0.2, -0.15) is 0 Å². The topological polar surface area (TPSA) is 237 Å². The third kappa shape index (κ3) is 62.6. The number of rotatable bonds is 67. The number of carbonyl (C=O) groups is 4. The van der Waals surface area contributed by atoms with Gasteiger partial charge in [0.05, 0.1) is 26.4 Å². The maximum absolute atomic E-state index is 13.0. The second kappa shape index (κ2) is 60.3. The largest absolute Gasteiger partial charge is 0.472 e. The Morgan fingerprint density at radius 1 is 0.310 bits per heavy atom. The van der Waals surface area contributed by atoms with E-state index in [0.717, 1.165) is 108 Å². The lowest BCUT2D eigenvalue weighted by atomic mass is 10.0. The van der Waals surface area contributed by atoms with Gasteiger partial charge in [0.2, 0.25) is 0 Å². The average molecular weight is 1280 g/mol. The Kier molecular flexibility index (Phi) is 59.0. The van der Waals surface area contributed by atoms with Crippen LogP contribution in [0.5, 0.6) is 0 Å². The number of esters is 4. The summed E-state index contributed by atoms with van der Waals surface area (Å²) in [5.74, 6) is -0.591. The normalized spacial score (nSPS) is 14.2. The summed E-state index contributed by atoms with van der Waals surface area (Å²) in [5, 5.41) is 10.6. The van der Waals surface area contributed by atoms with E-state index in [9.17, 15) is 43.2 Å². The van der Waals surface area contributed by atoms with E-state index in [2.05, 4.69) is 41.5 Å². The molecule has 0 bridgehead atoms. The highest BCUT2D eigenvalue weighted by Gasteiger charge is 2.30. The quantitative estimate of drug-likeness (QED) is 0.0222. The molecule has 19 heteroatoms. The van der Waals surface area contributed by atoms with E-state index in [0.29, 0.717) is 25.7 Å². The van der Waals surface area contributed by atoms with Crippen molar-refractivity contribution < 1.29 is 80.2 Å². The summed E-state index contributed by atoms with van der Waals surface area (Å²) < 4.78 is 68.1. The number of carbonyl (C=O) groups excluding carboxylic acids is 4. The first kappa shape index (κ1) is 85.1. The summed E-state index contributed by atoms with van der Waals surface area (Å²) in [4.78, 5) is 72.3. The molecule has 87 heavy (non-hydrogen) atoms. The van der Waals surface area contributed by atoms with E-state index in [-0.39, 0.29) is 25.7 Å². The van der Waals surface area contributed by atoms with Gasteiger partial charge in [-0.3, -0.25) is 37.3 Å². The fourth-order valence-electron chi connectivity index (χ4n) is 10.2. The van der Waals surface area contributed by atoms with Crippen LogP contribution in [0, 0.1) is 11.8 Å². The molecule has 0 radical (unpaired) electrons. The molecule has 0 amide bonds. The van der Waals surface area contributed by atoms with Gasteiger partial charge in [0.25, 0.3) is 0 Å². The van der Waals surface area contributed by atoms with E-state index in [4.69, 9.17) is 37.0 Å². The number of aliphatic hydroxyl groups is 1. The summed E-state index contributed by atoms with van der Waals surface area (Å²) in [6, 6.07) is 0. The molecule has 0 aliphatic rings. The smallest absolute Gasteiger partial charge is 0.462 e. The maximum atomic E-state index is 13.0. The fraction of sp³-hybridized carbons (Fsp3) is 0.941. The minimum absolute atomic E-state index is 0.106. The molecule has 2 unspecified atom stereocenters. The van der Waals surface area contributed by atoms with Gasteiger partial charge in [-0.15, -0.1) is 0 Å². The van der Waals surface area contributed by atoms with Crippen molar-refractivity contribution in [2.75, 3.05) is 39.6 Å². The lowest BCUT2D eigenvalue weighted by Gasteiger charge is -2.21. The van der Waals surface area contributed by atoms with Gasteiger partial charge in [-0.05, 0) is 37.5 Å². The number of hydrogen-bond donors (Lipinski definition) is 3. The number of hydrogen-bond acceptors (Lipinski definition) is 15. The van der Waals surface area contributed by atoms with Crippen molar-refractivity contribution in [3.63, 3.8) is 0 Å². The third-order valence-corrected chi connectivity index (χ3v) is 17.6. The Labute approximate surface area is 530 Å². The van der Waals surface area contributed by atoms with Crippen LogP contribution in [0.4, 0.5) is 0 Å². The first-order valence-corrected chi connectivity index (χ1v) is 38.5. The van der Waals surface area contributed by atoms with Gasteiger partial charge in [0.15, 0.2) is 12.2 Å². The zero-order valence-electron chi connectivity index (χ0n) is 56.3. The first-order valence-electron chi connectivity index (χ1n) is 35.5. The Morgan fingerprint density at radius 3 is 0.782 bits per heavy atom. The molecule has 0 aliphatic heterocycles. The molecule has 0 fully saturated rings. The maximum Gasteiger partial charge on any atom is 0.472 e. The van der Waals surface area contributed by atoms with Crippen LogP contribution in [0.15, 0.2) is 0 Å². The zero-order chi connectivity index (χ0) is 64.3. The monoisotopic (exact) mass is 1280 g/mol. The van der Waals surface area contributed by atoms with Crippen LogP contribution >= 0.6 is 15.6 Å². The average Bonchev–Trinajstić information content (AvgIpc) is 3.63. The molecule has 0 rings (SSSR count). The van der Waals surface area contributed by atoms with Crippen molar-refractivity contribution in [3.05, 3.63) is 0 Å². The Morgan fingerprint density at radius 2 is 0.529 bits per heavy atom. The van der Waals surface area contributed by atoms with E-state index in [1.807, 2.05) is 0 Å². The van der Waals surface area contributed by atoms with Crippen LogP contribution in [0.25, 0.3) is 0 Å². The van der Waals surface area contributed by atoms with Crippen LogP contribution in [0.1, 0.15) is 343 Å². The first-order chi connectivity index (χ1) is 41.9. The number of ether oxygens (including phenoxy) is 4. The second-order valence-corrected chi connectivity index (χ2v) is 28.4. The Hall–Kier alpha value is -1.94. The number of phosphoric ester groups is 2. The van der Waals surface area contributed by atoms with Crippen LogP contribution < -0.4 is 0 Å². The van der Waals surface area contributed by atoms with Crippen molar-refractivity contribution >= 4 is 39.5 Å². The van der Waals surface area contributed by atoms with Crippen molar-refractivity contribution in [1.29, 1.82) is 0 Å². The van der Waals surface area contributed by atoms with E-state index in [1.54, 1.807) is 0 Å². The summed E-state index contributed by atoms with van der Waals surface area (Å²) in [7, 11) is -9.89. The van der Waals surface area contributed by atoms with Crippen molar-refractivity contribution in [2.24, 2.45) is 11.8 Å². The molecule has 0 saturated heterocycles. The van der Waals surface area contributed by atoms with Gasteiger partial charge in [0, 0.05) is 25.7 Å². The van der Waals surface area contributed by atoms with E-state index < -0.39 is 97.5 Å². The summed E-state index contributed by atoms with van der Waals surface area (Å²) in [6.07, 6.45) is 44.4. The Balaban J connectivity index is 5.21. The Bertz CT molecular complexity index is 1700. The summed E-state index contributed by atoms with van der Waals surface area (Å²) in [6.45, 7) is 9.50. The molecule has 0 aromatic carbocycles. The van der Waals surface area contributed by atoms with Gasteiger partial charge >= 0.3 is 39.5 Å². The molecule has 516 valence electrons. The molecular formula is C68H132O17P2. The van der Waals surface area contributed by atoms with Gasteiger partial charge in [-0.1, -0.05) is 292 Å². The van der Waals surface area contributed by atoms with E-state index in [1.165, 1.54) is 154 Å². The minimum atomic E-state index is -4.95. The SMILES string of the molecule is CCCCCCCCCCCCC(=O)O[C@H](COC(=O)CCCCCCCCCC)COP(=O)(O)OC[C@H](O)COP(=O)(O)OC[C@@H](COC(=O)CCCCCCCCCCCC(C)C)OC(=O)CCCCCCCCCCCCCCCCC(C)C. The molecule has 5 atom stereocenters. The highest BCUT2D eigenvalue weighted by molar-refractivity contribution is 7.47. The predicted octanol–water partition coefficient (Wildman–Crippen LogP) is 19.2. The lowest BCUT2D eigenvalue weighted by molar-refractivity contribution is -0.161. The summed E-state index contributed by atoms with van der Waals surface area (Å²) in [5.41, 5.74) is 0. The van der Waals surface area contributed by atoms with E-state index >= 15 is 0 Å². The van der Waals surface area contributed by atoms with Gasteiger partial charge in [-0.25, -0.2) is 9.13 Å². The lowest BCUT2D eigenvalue weighted by Crippen LogP contribution is -2.30. The second-order valence-electron chi connectivity index (χ2n) is 25.5. The molecular weight excluding hydrogens is 1150 g/mol. The fourth-order valence-corrected chi connectivity index (χ4v) is 11.8. The predicted molar refractivity (Wildman–Crippen MR) is 349 cm³/mol. The van der Waals surface area contributed by atoms with Crippen molar-refractivity contribution in [1.82, 2.24) is 0 Å². The molecule has 0 aromatic rings. The minimum Gasteiger partial charge on any atom is -0.462 e. The van der Waals surface area contributed by atoms with Gasteiger partial charge < -0.3 is 33.8 Å². The van der Waals surface area contributed by atoms with Crippen LogP contribution in [0.3, 0.4) is 0 Å². The highest BCUT2D eigenvalue weighted by Crippen LogP contribution is 2.45. The van der Waals surface area contributed by atoms with Crippen LogP contribution in [-0.4, -0.2) is 96.7 Å². The number of aliphatic hydroxyl groups excluding tert-OH is 1. The zero-order valence-corrected chi connectivity index (χ0v) is 58.1.